The number of nitrogens with zero attached hydrogens (tertiary/aromatic N) is 2. The van der Waals surface area contributed by atoms with Crippen LogP contribution in [0.25, 0.3) is 0 Å². The molecule has 2 heterocycles. The summed E-state index contributed by atoms with van der Waals surface area (Å²) in [5, 5.41) is 2.98. The first-order valence-electron chi connectivity index (χ1n) is 9.65. The molecule has 2 aromatic carbocycles. The number of anilines is 1. The molecule has 1 unspecified atom stereocenters. The van der Waals surface area contributed by atoms with E-state index in [1.807, 2.05) is 18.2 Å². The van der Waals surface area contributed by atoms with Gasteiger partial charge in [-0.1, -0.05) is 30.3 Å². The Morgan fingerprint density at radius 2 is 1.86 bits per heavy atom. The highest BCUT2D eigenvalue weighted by atomic mass is 16.5. The summed E-state index contributed by atoms with van der Waals surface area (Å²) in [7, 11) is 3.18. The zero-order valence-corrected chi connectivity index (χ0v) is 16.7. The monoisotopic (exact) mass is 391 g/mol. The second-order valence-corrected chi connectivity index (χ2v) is 7.02. The summed E-state index contributed by atoms with van der Waals surface area (Å²) >= 11 is 0. The Morgan fingerprint density at radius 1 is 1.03 bits per heavy atom. The van der Waals surface area contributed by atoms with Gasteiger partial charge in [-0.05, 0) is 29.8 Å². The number of amides is 1. The van der Waals surface area contributed by atoms with Gasteiger partial charge in [0.2, 0.25) is 5.91 Å². The van der Waals surface area contributed by atoms with Gasteiger partial charge in [-0.25, -0.2) is 0 Å². The number of aromatic nitrogens is 1. The number of methoxy groups -OCH3 is 2. The third-order valence-corrected chi connectivity index (χ3v) is 5.28. The lowest BCUT2D eigenvalue weighted by Gasteiger charge is -2.36. The fraction of sp³-hybridized carbons (Fsp3) is 0.261. The van der Waals surface area contributed by atoms with Crippen molar-refractivity contribution in [2.75, 3.05) is 32.6 Å². The number of nitrogens with one attached hydrogen (secondary N) is 1. The second-order valence-electron chi connectivity index (χ2n) is 7.02. The molecule has 150 valence electrons. The third kappa shape index (κ3) is 3.98. The molecule has 0 radical (unpaired) electrons. The van der Waals surface area contributed by atoms with E-state index in [1.165, 1.54) is 11.3 Å². The maximum Gasteiger partial charge on any atom is 0.238 e. The first-order chi connectivity index (χ1) is 14.2. The quantitative estimate of drug-likeness (QED) is 0.698. The van der Waals surface area contributed by atoms with Crippen LogP contribution in [0, 0.1) is 0 Å². The summed E-state index contributed by atoms with van der Waals surface area (Å²) in [4.78, 5) is 15.1. The number of ether oxygens (including phenoxy) is 2. The Hall–Kier alpha value is -3.25. The van der Waals surface area contributed by atoms with Crippen LogP contribution in [0.5, 0.6) is 11.5 Å². The topological polar surface area (TPSA) is 55.7 Å². The van der Waals surface area contributed by atoms with Crippen molar-refractivity contribution in [3.8, 4) is 11.5 Å². The Kier molecular flexibility index (Phi) is 5.53. The van der Waals surface area contributed by atoms with Gasteiger partial charge in [0.1, 0.15) is 11.5 Å². The van der Waals surface area contributed by atoms with Gasteiger partial charge in [-0.3, -0.25) is 9.69 Å². The van der Waals surface area contributed by atoms with Crippen LogP contribution in [0.15, 0.2) is 66.9 Å². The van der Waals surface area contributed by atoms with Gasteiger partial charge in [0.25, 0.3) is 0 Å². The molecule has 0 spiro atoms. The first kappa shape index (κ1) is 19.1. The predicted octanol–water partition coefficient (Wildman–Crippen LogP) is 3.55. The molecule has 0 saturated heterocycles. The van der Waals surface area contributed by atoms with Crippen molar-refractivity contribution in [1.82, 2.24) is 9.47 Å². The van der Waals surface area contributed by atoms with Crippen molar-refractivity contribution in [2.45, 2.75) is 12.6 Å². The molecule has 1 aromatic heterocycles. The minimum absolute atomic E-state index is 0.0449. The number of hydrogen-bond acceptors (Lipinski definition) is 4. The van der Waals surface area contributed by atoms with Crippen LogP contribution < -0.4 is 14.8 Å². The van der Waals surface area contributed by atoms with Gasteiger partial charge in [0.05, 0.1) is 32.5 Å². The van der Waals surface area contributed by atoms with Gasteiger partial charge in [-0.15, -0.1) is 0 Å². The van der Waals surface area contributed by atoms with Crippen LogP contribution in [-0.2, 0) is 11.3 Å². The van der Waals surface area contributed by atoms with E-state index in [0.717, 1.165) is 13.1 Å². The summed E-state index contributed by atoms with van der Waals surface area (Å²) < 4.78 is 12.9. The Bertz CT molecular complexity index is 984. The van der Waals surface area contributed by atoms with Crippen LogP contribution >= 0.6 is 0 Å². The van der Waals surface area contributed by atoms with Gasteiger partial charge in [0, 0.05) is 31.0 Å². The maximum absolute atomic E-state index is 12.9. The number of hydrogen-bond donors (Lipinski definition) is 1. The summed E-state index contributed by atoms with van der Waals surface area (Å²) in [6, 6.07) is 19.9. The average Bonchev–Trinajstić information content (AvgIpc) is 3.23. The number of benzene rings is 2. The lowest BCUT2D eigenvalue weighted by atomic mass is 10.00. The molecule has 4 rings (SSSR count). The van der Waals surface area contributed by atoms with Crippen LogP contribution in [0.1, 0.15) is 17.3 Å². The molecule has 0 saturated carbocycles. The normalized spacial score (nSPS) is 16.1. The van der Waals surface area contributed by atoms with Gasteiger partial charge >= 0.3 is 0 Å². The van der Waals surface area contributed by atoms with Crippen LogP contribution in [0.2, 0.25) is 0 Å². The van der Waals surface area contributed by atoms with Gasteiger partial charge < -0.3 is 19.4 Å². The van der Waals surface area contributed by atoms with Crippen molar-refractivity contribution in [3.63, 3.8) is 0 Å². The van der Waals surface area contributed by atoms with E-state index in [2.05, 4.69) is 45.2 Å². The molecule has 1 aliphatic rings. The smallest absolute Gasteiger partial charge is 0.238 e. The lowest BCUT2D eigenvalue weighted by Crippen LogP contribution is -2.42. The first-order valence-corrected chi connectivity index (χ1v) is 9.65. The highest BCUT2D eigenvalue weighted by Crippen LogP contribution is 2.33. The Balaban J connectivity index is 1.54. The van der Waals surface area contributed by atoms with E-state index in [4.69, 9.17) is 9.47 Å². The van der Waals surface area contributed by atoms with Gasteiger partial charge in [-0.2, -0.15) is 0 Å². The van der Waals surface area contributed by atoms with E-state index in [-0.39, 0.29) is 11.9 Å². The SMILES string of the molecule is COc1ccc(NC(=O)CN2CCn3cccc3C2c2ccccc2)c(OC)c1. The van der Waals surface area contributed by atoms with Crippen molar-refractivity contribution < 1.29 is 14.3 Å². The predicted molar refractivity (Wildman–Crippen MR) is 112 cm³/mol. The highest BCUT2D eigenvalue weighted by molar-refractivity contribution is 5.93. The molecule has 1 amide bonds. The molecule has 6 nitrogen and oxygen atoms in total. The third-order valence-electron chi connectivity index (χ3n) is 5.28. The fourth-order valence-corrected chi connectivity index (χ4v) is 3.89. The highest BCUT2D eigenvalue weighted by Gasteiger charge is 2.30. The van der Waals surface area contributed by atoms with Gasteiger partial charge in [0.15, 0.2) is 0 Å². The molecule has 0 aliphatic carbocycles. The van der Waals surface area contributed by atoms with Crippen LogP contribution in [0.4, 0.5) is 5.69 Å². The molecule has 3 aromatic rings. The van der Waals surface area contributed by atoms with E-state index >= 15 is 0 Å². The summed E-state index contributed by atoms with van der Waals surface area (Å²) in [6.07, 6.45) is 2.10. The van der Waals surface area contributed by atoms with E-state index < -0.39 is 0 Å². The lowest BCUT2D eigenvalue weighted by molar-refractivity contribution is -0.118. The molecule has 1 aliphatic heterocycles. The van der Waals surface area contributed by atoms with Crippen LogP contribution in [0.3, 0.4) is 0 Å². The summed E-state index contributed by atoms with van der Waals surface area (Å²) in [5.74, 6) is 1.18. The molecule has 6 heteroatoms. The second kappa shape index (κ2) is 8.41. The maximum atomic E-state index is 12.9. The molecule has 0 bridgehead atoms. The molecule has 1 atom stereocenters. The van der Waals surface area contributed by atoms with Crippen LogP contribution in [-0.4, -0.2) is 42.7 Å². The number of fused-ring (bicyclic) bond motifs is 1. The van der Waals surface area contributed by atoms with E-state index in [0.29, 0.717) is 23.7 Å². The summed E-state index contributed by atoms with van der Waals surface area (Å²) in [5.41, 5.74) is 3.02. The van der Waals surface area contributed by atoms with Crippen molar-refractivity contribution in [2.24, 2.45) is 0 Å². The van der Waals surface area contributed by atoms with E-state index in [9.17, 15) is 4.79 Å². The standard InChI is InChI=1S/C23H25N3O3/c1-28-18-10-11-19(21(15-18)29-2)24-22(27)16-26-14-13-25-12-6-9-20(25)23(26)17-7-4-3-5-8-17/h3-12,15,23H,13-14,16H2,1-2H3,(H,24,27). The number of carbonyl (C=O) groups excluding carboxylic acids is 1. The fourth-order valence-electron chi connectivity index (χ4n) is 3.89. The zero-order chi connectivity index (χ0) is 20.2. The van der Waals surface area contributed by atoms with E-state index in [1.54, 1.807) is 32.4 Å². The summed E-state index contributed by atoms with van der Waals surface area (Å²) in [6.45, 7) is 1.96. The number of carbonyl (C=O) groups is 1. The minimum Gasteiger partial charge on any atom is -0.497 e. The van der Waals surface area contributed by atoms with Crippen molar-refractivity contribution in [3.05, 3.63) is 78.1 Å². The molecular formula is C23H25N3O3. The molecular weight excluding hydrogens is 366 g/mol. The Morgan fingerprint density at radius 3 is 2.62 bits per heavy atom. The minimum atomic E-state index is -0.0746. The molecule has 1 N–H and O–H groups in total. The van der Waals surface area contributed by atoms with Crippen molar-refractivity contribution in [1.29, 1.82) is 0 Å². The largest absolute Gasteiger partial charge is 0.497 e. The average molecular weight is 391 g/mol. The molecule has 0 fully saturated rings. The molecule has 29 heavy (non-hydrogen) atoms. The number of rotatable bonds is 6. The Labute approximate surface area is 170 Å². The van der Waals surface area contributed by atoms with Crippen molar-refractivity contribution >= 4 is 11.6 Å². The zero-order valence-electron chi connectivity index (χ0n) is 16.7.